The minimum absolute atomic E-state index is 0.0728. The molecule has 0 aromatic heterocycles. The van der Waals surface area contributed by atoms with E-state index in [1.54, 1.807) is 11.8 Å². The third kappa shape index (κ3) is 3.27. The van der Waals surface area contributed by atoms with Gasteiger partial charge >= 0.3 is 5.97 Å². The van der Waals surface area contributed by atoms with Crippen molar-refractivity contribution in [3.05, 3.63) is 75.9 Å². The highest BCUT2D eigenvalue weighted by Gasteiger charge is 2.37. The van der Waals surface area contributed by atoms with Crippen molar-refractivity contribution in [1.29, 1.82) is 0 Å². The Morgan fingerprint density at radius 3 is 2.67 bits per heavy atom. The number of carbonyl (C=O) groups excluding carboxylic acids is 2. The van der Waals surface area contributed by atoms with Gasteiger partial charge in [0.05, 0.1) is 6.61 Å². The number of hydrogen-bond acceptors (Lipinski definition) is 3. The van der Waals surface area contributed by atoms with Gasteiger partial charge in [0.15, 0.2) is 0 Å². The fourth-order valence-corrected chi connectivity index (χ4v) is 3.98. The summed E-state index contributed by atoms with van der Waals surface area (Å²) in [4.78, 5) is 27.6. The fraction of sp³-hybridized carbons (Fsp3) is 0.304. The van der Waals surface area contributed by atoms with Crippen molar-refractivity contribution >= 4 is 18.0 Å². The van der Waals surface area contributed by atoms with Crippen LogP contribution in [0.5, 0.6) is 0 Å². The first-order valence-electron chi connectivity index (χ1n) is 9.41. The predicted octanol–water partition coefficient (Wildman–Crippen LogP) is 3.45. The van der Waals surface area contributed by atoms with Gasteiger partial charge in [0, 0.05) is 25.0 Å². The quantitative estimate of drug-likeness (QED) is 0.787. The lowest BCUT2D eigenvalue weighted by molar-refractivity contribution is -0.154. The molecule has 0 spiro atoms. The number of amides is 1. The number of nitrogens with zero attached hydrogens (tertiary/aromatic N) is 1. The number of esters is 1. The van der Waals surface area contributed by atoms with Crippen molar-refractivity contribution < 1.29 is 14.3 Å². The highest BCUT2D eigenvalue weighted by molar-refractivity contribution is 6.02. The van der Waals surface area contributed by atoms with E-state index < -0.39 is 6.04 Å². The Labute approximate surface area is 159 Å². The molecule has 4 rings (SSSR count). The second-order valence-electron chi connectivity index (χ2n) is 7.22. The average Bonchev–Trinajstić information content (AvgIpc) is 3.09. The first kappa shape index (κ1) is 17.5. The van der Waals surface area contributed by atoms with Crippen molar-refractivity contribution in [2.75, 3.05) is 6.61 Å². The van der Waals surface area contributed by atoms with Crippen LogP contribution in [0, 0.1) is 6.92 Å². The van der Waals surface area contributed by atoms with Gasteiger partial charge in [-0.3, -0.25) is 4.79 Å². The molecule has 2 aliphatic rings. The van der Waals surface area contributed by atoms with Crippen molar-refractivity contribution in [2.24, 2.45) is 0 Å². The SMILES string of the molecule is CCOC(=O)C1Cc2ccccc2CN1C(=O)C1=Cc2ccc(C)cc2C1. The number of aryl methyl sites for hydroxylation is 1. The number of ether oxygens (including phenoxy) is 1. The van der Waals surface area contributed by atoms with E-state index in [2.05, 4.69) is 25.1 Å². The van der Waals surface area contributed by atoms with Gasteiger partial charge in [-0.05, 0) is 42.2 Å². The zero-order valence-corrected chi connectivity index (χ0v) is 15.7. The molecule has 4 heteroatoms. The summed E-state index contributed by atoms with van der Waals surface area (Å²) in [6.07, 6.45) is 3.07. The van der Waals surface area contributed by atoms with Crippen LogP contribution in [-0.4, -0.2) is 29.4 Å². The summed E-state index contributed by atoms with van der Waals surface area (Å²) < 4.78 is 5.26. The largest absolute Gasteiger partial charge is 0.464 e. The molecule has 0 bridgehead atoms. The van der Waals surface area contributed by atoms with Crippen LogP contribution in [0.3, 0.4) is 0 Å². The van der Waals surface area contributed by atoms with Gasteiger partial charge in [-0.1, -0.05) is 48.0 Å². The second kappa shape index (κ2) is 7.03. The monoisotopic (exact) mass is 361 g/mol. The molecule has 1 atom stereocenters. The summed E-state index contributed by atoms with van der Waals surface area (Å²) in [7, 11) is 0. The standard InChI is InChI=1S/C23H23NO3/c1-3-27-23(26)21-13-16-6-4-5-7-18(16)14-24(21)22(25)20-11-17-9-8-15(2)10-19(17)12-20/h4-11,21H,3,12-14H2,1-2H3. The molecule has 0 saturated carbocycles. The molecule has 1 amide bonds. The molecular weight excluding hydrogens is 338 g/mol. The Morgan fingerprint density at radius 1 is 1.11 bits per heavy atom. The van der Waals surface area contributed by atoms with E-state index in [4.69, 9.17) is 4.74 Å². The van der Waals surface area contributed by atoms with Crippen LogP contribution in [0.2, 0.25) is 0 Å². The maximum Gasteiger partial charge on any atom is 0.329 e. The lowest BCUT2D eigenvalue weighted by Crippen LogP contribution is -2.49. The van der Waals surface area contributed by atoms with E-state index >= 15 is 0 Å². The molecule has 1 aliphatic heterocycles. The molecule has 0 N–H and O–H groups in total. The van der Waals surface area contributed by atoms with Gasteiger partial charge in [0.25, 0.3) is 5.91 Å². The van der Waals surface area contributed by atoms with Crippen LogP contribution in [0.25, 0.3) is 6.08 Å². The third-order valence-corrected chi connectivity index (χ3v) is 5.35. The van der Waals surface area contributed by atoms with E-state index in [1.807, 2.05) is 30.3 Å². The highest BCUT2D eigenvalue weighted by Crippen LogP contribution is 2.31. The lowest BCUT2D eigenvalue weighted by Gasteiger charge is -2.35. The van der Waals surface area contributed by atoms with E-state index in [1.165, 1.54) is 11.1 Å². The smallest absolute Gasteiger partial charge is 0.329 e. The van der Waals surface area contributed by atoms with Gasteiger partial charge in [-0.2, -0.15) is 0 Å². The third-order valence-electron chi connectivity index (χ3n) is 5.35. The average molecular weight is 361 g/mol. The van der Waals surface area contributed by atoms with Crippen LogP contribution >= 0.6 is 0 Å². The molecule has 27 heavy (non-hydrogen) atoms. The lowest BCUT2D eigenvalue weighted by atomic mass is 9.93. The first-order valence-corrected chi connectivity index (χ1v) is 9.41. The van der Waals surface area contributed by atoms with Crippen LogP contribution in [0.1, 0.15) is 34.7 Å². The Balaban J connectivity index is 1.64. The zero-order chi connectivity index (χ0) is 19.0. The van der Waals surface area contributed by atoms with Crippen molar-refractivity contribution in [3.8, 4) is 0 Å². The summed E-state index contributed by atoms with van der Waals surface area (Å²) in [5, 5.41) is 0. The molecule has 1 unspecified atom stereocenters. The summed E-state index contributed by atoms with van der Waals surface area (Å²) >= 11 is 0. The van der Waals surface area contributed by atoms with Gasteiger partial charge < -0.3 is 9.64 Å². The van der Waals surface area contributed by atoms with E-state index in [-0.39, 0.29) is 11.9 Å². The topological polar surface area (TPSA) is 46.6 Å². The summed E-state index contributed by atoms with van der Waals surface area (Å²) in [5.41, 5.74) is 6.39. The van der Waals surface area contributed by atoms with Crippen LogP contribution in [-0.2, 0) is 33.7 Å². The molecule has 1 aliphatic carbocycles. The molecule has 2 aromatic carbocycles. The summed E-state index contributed by atoms with van der Waals surface area (Å²) in [6, 6.07) is 13.7. The minimum atomic E-state index is -0.571. The predicted molar refractivity (Wildman–Crippen MR) is 104 cm³/mol. The molecule has 1 heterocycles. The molecular formula is C23H23NO3. The number of carbonyl (C=O) groups is 2. The van der Waals surface area contributed by atoms with Crippen molar-refractivity contribution in [3.63, 3.8) is 0 Å². The molecule has 138 valence electrons. The molecule has 0 fully saturated rings. The van der Waals surface area contributed by atoms with Gasteiger partial charge in [0.2, 0.25) is 0 Å². The number of hydrogen-bond donors (Lipinski definition) is 0. The zero-order valence-electron chi connectivity index (χ0n) is 15.7. The maximum absolute atomic E-state index is 13.3. The normalized spacial score (nSPS) is 17.8. The Morgan fingerprint density at radius 2 is 1.89 bits per heavy atom. The Kier molecular flexibility index (Phi) is 4.56. The van der Waals surface area contributed by atoms with Gasteiger partial charge in [0.1, 0.15) is 6.04 Å². The van der Waals surface area contributed by atoms with E-state index in [9.17, 15) is 9.59 Å². The van der Waals surface area contributed by atoms with E-state index in [0.29, 0.717) is 26.0 Å². The minimum Gasteiger partial charge on any atom is -0.464 e. The van der Waals surface area contributed by atoms with Gasteiger partial charge in [-0.15, -0.1) is 0 Å². The van der Waals surface area contributed by atoms with Crippen LogP contribution in [0.15, 0.2) is 48.0 Å². The fourth-order valence-electron chi connectivity index (χ4n) is 3.98. The Bertz CT molecular complexity index is 944. The summed E-state index contributed by atoms with van der Waals surface area (Å²) in [6.45, 7) is 4.59. The highest BCUT2D eigenvalue weighted by atomic mass is 16.5. The maximum atomic E-state index is 13.3. The van der Waals surface area contributed by atoms with Gasteiger partial charge in [-0.25, -0.2) is 4.79 Å². The number of rotatable bonds is 3. The molecule has 0 saturated heterocycles. The van der Waals surface area contributed by atoms with Crippen molar-refractivity contribution in [1.82, 2.24) is 4.90 Å². The Hall–Kier alpha value is -2.88. The second-order valence-corrected chi connectivity index (χ2v) is 7.22. The van der Waals surface area contributed by atoms with Crippen molar-refractivity contribution in [2.45, 2.75) is 39.3 Å². The molecule has 4 nitrogen and oxygen atoms in total. The molecule has 0 radical (unpaired) electrons. The number of fused-ring (bicyclic) bond motifs is 2. The molecule has 2 aromatic rings. The number of benzene rings is 2. The van der Waals surface area contributed by atoms with Crippen LogP contribution in [0.4, 0.5) is 0 Å². The van der Waals surface area contributed by atoms with Crippen LogP contribution < -0.4 is 0 Å². The summed E-state index contributed by atoms with van der Waals surface area (Å²) in [5.74, 6) is -0.399. The van der Waals surface area contributed by atoms with E-state index in [0.717, 1.165) is 22.3 Å². The first-order chi connectivity index (χ1) is 13.1.